The third kappa shape index (κ3) is 4.29. The lowest BCUT2D eigenvalue weighted by atomic mass is 10.2. The molecule has 0 unspecified atom stereocenters. The lowest BCUT2D eigenvalue weighted by molar-refractivity contribution is -0.114. The molecule has 0 aliphatic heterocycles. The van der Waals surface area contributed by atoms with E-state index >= 15 is 0 Å². The summed E-state index contributed by atoms with van der Waals surface area (Å²) in [6.07, 6.45) is 7.72. The van der Waals surface area contributed by atoms with E-state index in [-0.39, 0.29) is 11.7 Å². The molecular weight excluding hydrogens is 348 g/mol. The molecule has 0 saturated heterocycles. The van der Waals surface area contributed by atoms with Gasteiger partial charge in [-0.15, -0.1) is 11.3 Å². The monoisotopic (exact) mass is 366 g/mol. The van der Waals surface area contributed by atoms with Gasteiger partial charge in [-0.1, -0.05) is 30.4 Å². The van der Waals surface area contributed by atoms with Crippen molar-refractivity contribution in [2.75, 3.05) is 12.4 Å². The van der Waals surface area contributed by atoms with Crippen LogP contribution in [0.25, 0.3) is 22.4 Å². The van der Waals surface area contributed by atoms with E-state index in [1.807, 2.05) is 48.6 Å². The van der Waals surface area contributed by atoms with Crippen LogP contribution in [0.15, 0.2) is 48.6 Å². The number of anilines is 1. The molecule has 5 nitrogen and oxygen atoms in total. The third-order valence-corrected chi connectivity index (χ3v) is 4.56. The van der Waals surface area contributed by atoms with Crippen LogP contribution in [0.2, 0.25) is 0 Å². The number of hydrogen-bond acceptors (Lipinski definition) is 5. The van der Waals surface area contributed by atoms with Crippen LogP contribution < -0.4 is 10.1 Å². The van der Waals surface area contributed by atoms with Crippen molar-refractivity contribution >= 4 is 45.3 Å². The van der Waals surface area contributed by atoms with Gasteiger partial charge in [0.15, 0.2) is 11.5 Å². The zero-order valence-corrected chi connectivity index (χ0v) is 15.2. The maximum absolute atomic E-state index is 11.0. The molecule has 1 amide bonds. The number of methoxy groups -OCH3 is 1. The number of nitrogens with zero attached hydrogens (tertiary/aromatic N) is 1. The molecule has 2 N–H and O–H groups in total. The first-order valence-corrected chi connectivity index (χ1v) is 8.77. The number of carbonyl (C=O) groups excluding carboxylic acids is 1. The third-order valence-electron chi connectivity index (χ3n) is 3.58. The summed E-state index contributed by atoms with van der Waals surface area (Å²) < 4.78 is 6.07. The molecule has 1 heterocycles. The fraction of sp³-hybridized carbons (Fsp3) is 0.100. The second kappa shape index (κ2) is 7.84. The summed E-state index contributed by atoms with van der Waals surface area (Å²) in [5.74, 6) is 0.445. The van der Waals surface area contributed by atoms with Crippen LogP contribution in [0.5, 0.6) is 11.5 Å². The Hall–Kier alpha value is -3.12. The number of thiazole rings is 1. The highest BCUT2D eigenvalue weighted by molar-refractivity contribution is 7.19. The normalized spacial score (nSPS) is 11.5. The SMILES string of the molecule is COc1cc2sc(/C=C/C=C/c3ccc(NC(C)=O)cc3)nc2cc1O. The molecule has 0 aliphatic rings. The minimum atomic E-state index is -0.0852. The van der Waals surface area contributed by atoms with Crippen LogP contribution in [0.1, 0.15) is 17.5 Å². The number of nitrogens with one attached hydrogen (secondary N) is 1. The molecule has 6 heteroatoms. The van der Waals surface area contributed by atoms with E-state index in [9.17, 15) is 9.90 Å². The Morgan fingerprint density at radius 3 is 2.62 bits per heavy atom. The highest BCUT2D eigenvalue weighted by Crippen LogP contribution is 2.34. The lowest BCUT2D eigenvalue weighted by Crippen LogP contribution is -2.05. The number of benzene rings is 2. The van der Waals surface area contributed by atoms with E-state index in [0.29, 0.717) is 5.75 Å². The zero-order chi connectivity index (χ0) is 18.5. The summed E-state index contributed by atoms with van der Waals surface area (Å²) in [6, 6.07) is 11.0. The van der Waals surface area contributed by atoms with Gasteiger partial charge in [0.1, 0.15) is 5.01 Å². The number of rotatable bonds is 5. The van der Waals surface area contributed by atoms with Gasteiger partial charge in [0, 0.05) is 24.7 Å². The van der Waals surface area contributed by atoms with Crippen molar-refractivity contribution in [2.24, 2.45) is 0 Å². The van der Waals surface area contributed by atoms with E-state index in [0.717, 1.165) is 26.5 Å². The Bertz CT molecular complexity index is 988. The summed E-state index contributed by atoms with van der Waals surface area (Å²) in [4.78, 5) is 15.5. The predicted octanol–water partition coefficient (Wildman–Crippen LogP) is 4.70. The van der Waals surface area contributed by atoms with Crippen molar-refractivity contribution in [2.45, 2.75) is 6.92 Å². The molecule has 132 valence electrons. The molecule has 26 heavy (non-hydrogen) atoms. The second-order valence-electron chi connectivity index (χ2n) is 5.57. The first-order valence-electron chi connectivity index (χ1n) is 7.95. The van der Waals surface area contributed by atoms with Crippen LogP contribution in [-0.4, -0.2) is 23.1 Å². The lowest BCUT2D eigenvalue weighted by Gasteiger charge is -2.01. The predicted molar refractivity (Wildman–Crippen MR) is 107 cm³/mol. The first-order chi connectivity index (χ1) is 12.5. The average molecular weight is 366 g/mol. The first kappa shape index (κ1) is 17.7. The highest BCUT2D eigenvalue weighted by atomic mass is 32.1. The van der Waals surface area contributed by atoms with Crippen molar-refractivity contribution in [3.63, 3.8) is 0 Å². The van der Waals surface area contributed by atoms with Crippen molar-refractivity contribution in [3.05, 3.63) is 59.1 Å². The number of aromatic nitrogens is 1. The molecule has 0 bridgehead atoms. The molecule has 0 radical (unpaired) electrons. The molecule has 0 atom stereocenters. The van der Waals surface area contributed by atoms with Gasteiger partial charge in [-0.3, -0.25) is 4.79 Å². The number of fused-ring (bicyclic) bond motifs is 1. The molecular formula is C20H18N2O3S. The number of allylic oxidation sites excluding steroid dienone is 2. The number of ether oxygens (including phenoxy) is 1. The summed E-state index contributed by atoms with van der Waals surface area (Å²) in [7, 11) is 1.52. The fourth-order valence-electron chi connectivity index (χ4n) is 2.38. The molecule has 3 aromatic rings. The van der Waals surface area contributed by atoms with Crippen LogP contribution in [0.3, 0.4) is 0 Å². The molecule has 1 aromatic heterocycles. The number of phenolic OH excluding ortho intramolecular Hbond substituents is 1. The highest BCUT2D eigenvalue weighted by Gasteiger charge is 2.07. The van der Waals surface area contributed by atoms with Gasteiger partial charge < -0.3 is 15.2 Å². The summed E-state index contributed by atoms with van der Waals surface area (Å²) in [5, 5.41) is 13.4. The maximum atomic E-state index is 11.0. The summed E-state index contributed by atoms with van der Waals surface area (Å²) in [5.41, 5.74) is 2.55. The standard InChI is InChI=1S/C20H18N2O3S/c1-13(23)21-15-9-7-14(8-10-15)5-3-4-6-20-22-16-11-17(24)18(25-2)12-19(16)26-20/h3-12,24H,1-2H3,(H,21,23)/b5-3+,6-4+. The molecule has 0 fully saturated rings. The smallest absolute Gasteiger partial charge is 0.221 e. The van der Waals surface area contributed by atoms with Crippen molar-refractivity contribution < 1.29 is 14.6 Å². The van der Waals surface area contributed by atoms with E-state index in [4.69, 9.17) is 4.74 Å². The number of hydrogen-bond donors (Lipinski definition) is 2. The van der Waals surface area contributed by atoms with Crippen molar-refractivity contribution in [1.29, 1.82) is 0 Å². The molecule has 0 spiro atoms. The Balaban J connectivity index is 1.69. The van der Waals surface area contributed by atoms with E-state index in [1.165, 1.54) is 25.4 Å². The Morgan fingerprint density at radius 1 is 1.19 bits per heavy atom. The number of amides is 1. The number of aromatic hydroxyl groups is 1. The van der Waals surface area contributed by atoms with Crippen LogP contribution in [0, 0.1) is 0 Å². The maximum Gasteiger partial charge on any atom is 0.221 e. The van der Waals surface area contributed by atoms with Crippen molar-refractivity contribution in [1.82, 2.24) is 4.98 Å². The van der Waals surface area contributed by atoms with Crippen LogP contribution >= 0.6 is 11.3 Å². The van der Waals surface area contributed by atoms with Gasteiger partial charge in [0.2, 0.25) is 5.91 Å². The molecule has 0 saturated carbocycles. The minimum Gasteiger partial charge on any atom is -0.504 e. The van der Waals surface area contributed by atoms with Gasteiger partial charge in [-0.2, -0.15) is 0 Å². The Morgan fingerprint density at radius 2 is 1.92 bits per heavy atom. The minimum absolute atomic E-state index is 0.0852. The summed E-state index contributed by atoms with van der Waals surface area (Å²) >= 11 is 1.53. The topological polar surface area (TPSA) is 71.5 Å². The largest absolute Gasteiger partial charge is 0.504 e. The van der Waals surface area contributed by atoms with Crippen molar-refractivity contribution in [3.8, 4) is 11.5 Å². The second-order valence-corrected chi connectivity index (χ2v) is 6.63. The molecule has 2 aromatic carbocycles. The van der Waals surface area contributed by atoms with Gasteiger partial charge in [0.05, 0.1) is 17.3 Å². The van der Waals surface area contributed by atoms with Gasteiger partial charge in [0.25, 0.3) is 0 Å². The number of phenols is 1. The average Bonchev–Trinajstić information content (AvgIpc) is 3.00. The van der Waals surface area contributed by atoms with Gasteiger partial charge >= 0.3 is 0 Å². The van der Waals surface area contributed by atoms with Crippen LogP contribution in [-0.2, 0) is 4.79 Å². The van der Waals surface area contributed by atoms with Gasteiger partial charge in [-0.25, -0.2) is 4.98 Å². The van der Waals surface area contributed by atoms with E-state index < -0.39 is 0 Å². The van der Waals surface area contributed by atoms with E-state index in [1.54, 1.807) is 12.1 Å². The zero-order valence-electron chi connectivity index (χ0n) is 14.4. The quantitative estimate of drug-likeness (QED) is 0.642. The number of carbonyl (C=O) groups is 1. The van der Waals surface area contributed by atoms with Gasteiger partial charge in [-0.05, 0) is 23.8 Å². The Kier molecular flexibility index (Phi) is 5.34. The molecule has 3 rings (SSSR count). The molecule has 0 aliphatic carbocycles. The summed E-state index contributed by atoms with van der Waals surface area (Å²) in [6.45, 7) is 1.48. The Labute approximate surface area is 155 Å². The van der Waals surface area contributed by atoms with E-state index in [2.05, 4.69) is 10.3 Å². The fourth-order valence-corrected chi connectivity index (χ4v) is 3.27. The van der Waals surface area contributed by atoms with Crippen LogP contribution in [0.4, 0.5) is 5.69 Å².